The van der Waals surface area contributed by atoms with Crippen LogP contribution in [0.5, 0.6) is 11.5 Å². The highest BCUT2D eigenvalue weighted by Crippen LogP contribution is 2.30. The second-order valence-corrected chi connectivity index (χ2v) is 6.08. The van der Waals surface area contributed by atoms with Crippen molar-refractivity contribution in [3.8, 4) is 11.5 Å². The summed E-state index contributed by atoms with van der Waals surface area (Å²) >= 11 is 0. The maximum Gasteiger partial charge on any atom is 0.161 e. The Balaban J connectivity index is 1.50. The van der Waals surface area contributed by atoms with E-state index in [4.69, 9.17) is 9.47 Å². The van der Waals surface area contributed by atoms with Crippen molar-refractivity contribution < 1.29 is 9.47 Å². The van der Waals surface area contributed by atoms with E-state index in [0.717, 1.165) is 60.9 Å². The van der Waals surface area contributed by atoms with E-state index in [-0.39, 0.29) is 0 Å². The van der Waals surface area contributed by atoms with E-state index in [1.54, 1.807) is 6.33 Å². The van der Waals surface area contributed by atoms with Gasteiger partial charge in [-0.15, -0.1) is 0 Å². The third kappa shape index (κ3) is 3.28. The SMILES string of the molecule is c1nc2c(c(NCc3ccc4c(c3)OCCCO4)n1)CCNCC2. The molecule has 0 radical (unpaired) electrons. The predicted octanol–water partition coefficient (Wildman–Crippen LogP) is 1.94. The van der Waals surface area contributed by atoms with E-state index in [2.05, 4.69) is 32.7 Å². The maximum absolute atomic E-state index is 5.76. The summed E-state index contributed by atoms with van der Waals surface area (Å²) in [6, 6.07) is 6.11. The highest BCUT2D eigenvalue weighted by atomic mass is 16.5. The summed E-state index contributed by atoms with van der Waals surface area (Å²) in [5.41, 5.74) is 3.53. The number of ether oxygens (including phenoxy) is 2. The fourth-order valence-corrected chi connectivity index (χ4v) is 3.13. The lowest BCUT2D eigenvalue weighted by molar-refractivity contribution is 0.297. The van der Waals surface area contributed by atoms with Crippen LogP contribution in [-0.2, 0) is 19.4 Å². The van der Waals surface area contributed by atoms with Crippen LogP contribution in [0.25, 0.3) is 0 Å². The highest BCUT2D eigenvalue weighted by Gasteiger charge is 2.15. The summed E-state index contributed by atoms with van der Waals surface area (Å²) in [5.74, 6) is 2.60. The largest absolute Gasteiger partial charge is 0.490 e. The number of nitrogens with zero attached hydrogens (tertiary/aromatic N) is 2. The molecule has 0 saturated heterocycles. The Hall–Kier alpha value is -2.34. The summed E-state index contributed by atoms with van der Waals surface area (Å²) in [7, 11) is 0. The molecule has 0 fully saturated rings. The average molecular weight is 326 g/mol. The molecular formula is C18H22N4O2. The van der Waals surface area contributed by atoms with Crippen LogP contribution in [0.3, 0.4) is 0 Å². The van der Waals surface area contributed by atoms with Crippen LogP contribution in [0.2, 0.25) is 0 Å². The number of benzene rings is 1. The van der Waals surface area contributed by atoms with E-state index in [1.807, 2.05) is 6.07 Å². The monoisotopic (exact) mass is 326 g/mol. The number of anilines is 1. The second kappa shape index (κ2) is 7.05. The van der Waals surface area contributed by atoms with Gasteiger partial charge in [-0.3, -0.25) is 0 Å². The van der Waals surface area contributed by atoms with Gasteiger partial charge in [0.2, 0.25) is 0 Å². The molecule has 0 spiro atoms. The molecular weight excluding hydrogens is 304 g/mol. The van der Waals surface area contributed by atoms with Crippen molar-refractivity contribution in [2.45, 2.75) is 25.8 Å². The van der Waals surface area contributed by atoms with Crippen LogP contribution in [0.4, 0.5) is 5.82 Å². The van der Waals surface area contributed by atoms with Gasteiger partial charge in [0.1, 0.15) is 12.1 Å². The van der Waals surface area contributed by atoms with Crippen LogP contribution >= 0.6 is 0 Å². The van der Waals surface area contributed by atoms with Crippen LogP contribution in [0, 0.1) is 0 Å². The lowest BCUT2D eigenvalue weighted by atomic mass is 10.1. The summed E-state index contributed by atoms with van der Waals surface area (Å²) in [5, 5.41) is 6.87. The van der Waals surface area contributed by atoms with Gasteiger partial charge in [0.15, 0.2) is 11.5 Å². The van der Waals surface area contributed by atoms with Crippen molar-refractivity contribution in [2.24, 2.45) is 0 Å². The summed E-state index contributed by atoms with van der Waals surface area (Å²) in [6.45, 7) is 4.07. The number of fused-ring (bicyclic) bond motifs is 2. The molecule has 3 heterocycles. The lowest BCUT2D eigenvalue weighted by Crippen LogP contribution is -2.16. The highest BCUT2D eigenvalue weighted by molar-refractivity contribution is 5.49. The Kier molecular flexibility index (Phi) is 4.46. The summed E-state index contributed by atoms with van der Waals surface area (Å²) < 4.78 is 11.4. The number of aromatic nitrogens is 2. The minimum absolute atomic E-state index is 0.702. The Morgan fingerprint density at radius 3 is 2.88 bits per heavy atom. The van der Waals surface area contributed by atoms with Crippen molar-refractivity contribution in [3.05, 3.63) is 41.3 Å². The van der Waals surface area contributed by atoms with Crippen molar-refractivity contribution in [2.75, 3.05) is 31.6 Å². The minimum Gasteiger partial charge on any atom is -0.490 e. The van der Waals surface area contributed by atoms with Crippen molar-refractivity contribution in [1.82, 2.24) is 15.3 Å². The van der Waals surface area contributed by atoms with Gasteiger partial charge in [-0.05, 0) is 30.7 Å². The van der Waals surface area contributed by atoms with E-state index >= 15 is 0 Å². The van der Waals surface area contributed by atoms with Gasteiger partial charge in [-0.2, -0.15) is 0 Å². The molecule has 4 rings (SSSR count). The molecule has 2 aliphatic rings. The zero-order valence-electron chi connectivity index (χ0n) is 13.7. The van der Waals surface area contributed by atoms with Crippen LogP contribution in [-0.4, -0.2) is 36.3 Å². The Labute approximate surface area is 141 Å². The second-order valence-electron chi connectivity index (χ2n) is 6.08. The molecule has 1 aromatic heterocycles. The summed E-state index contributed by atoms with van der Waals surface area (Å²) in [4.78, 5) is 8.88. The summed E-state index contributed by atoms with van der Waals surface area (Å²) in [6.07, 6.45) is 4.49. The quantitative estimate of drug-likeness (QED) is 0.898. The number of hydrogen-bond acceptors (Lipinski definition) is 6. The Morgan fingerprint density at radius 1 is 1.04 bits per heavy atom. The van der Waals surface area contributed by atoms with E-state index < -0.39 is 0 Å². The molecule has 2 N–H and O–H groups in total. The van der Waals surface area contributed by atoms with Crippen LogP contribution in [0.15, 0.2) is 24.5 Å². The molecule has 0 unspecified atom stereocenters. The van der Waals surface area contributed by atoms with Crippen molar-refractivity contribution in [3.63, 3.8) is 0 Å². The molecule has 6 nitrogen and oxygen atoms in total. The fourth-order valence-electron chi connectivity index (χ4n) is 3.13. The first-order valence-electron chi connectivity index (χ1n) is 8.56. The molecule has 24 heavy (non-hydrogen) atoms. The first-order chi connectivity index (χ1) is 11.9. The first kappa shape index (κ1) is 15.2. The molecule has 0 atom stereocenters. The van der Waals surface area contributed by atoms with Crippen LogP contribution < -0.4 is 20.1 Å². The predicted molar refractivity (Wildman–Crippen MR) is 91.7 cm³/mol. The minimum atomic E-state index is 0.702. The third-order valence-corrected chi connectivity index (χ3v) is 4.40. The topological polar surface area (TPSA) is 68.3 Å². The van der Waals surface area contributed by atoms with Crippen molar-refractivity contribution in [1.29, 1.82) is 0 Å². The van der Waals surface area contributed by atoms with Gasteiger partial charge in [0, 0.05) is 31.5 Å². The van der Waals surface area contributed by atoms with Crippen LogP contribution in [0.1, 0.15) is 23.2 Å². The molecule has 0 amide bonds. The van der Waals surface area contributed by atoms with E-state index in [1.165, 1.54) is 5.56 Å². The van der Waals surface area contributed by atoms with Gasteiger partial charge >= 0.3 is 0 Å². The normalized spacial score (nSPS) is 16.7. The third-order valence-electron chi connectivity index (χ3n) is 4.40. The standard InChI is InChI=1S/C18H22N4O2/c1-8-23-16-3-2-13(10-17(16)24-9-1)11-20-18-14-4-6-19-7-5-15(14)21-12-22-18/h2-3,10,12,19H,1,4-9,11H2,(H,20,21,22). The molecule has 0 saturated carbocycles. The fraction of sp³-hybridized carbons (Fsp3) is 0.444. The first-order valence-corrected chi connectivity index (χ1v) is 8.56. The van der Waals surface area contributed by atoms with E-state index in [9.17, 15) is 0 Å². The number of rotatable bonds is 3. The number of hydrogen-bond donors (Lipinski definition) is 2. The molecule has 2 aromatic rings. The molecule has 0 bridgehead atoms. The van der Waals surface area contributed by atoms with E-state index in [0.29, 0.717) is 19.8 Å². The molecule has 126 valence electrons. The maximum atomic E-state index is 5.76. The molecule has 6 heteroatoms. The lowest BCUT2D eigenvalue weighted by Gasteiger charge is -2.13. The molecule has 1 aromatic carbocycles. The smallest absolute Gasteiger partial charge is 0.161 e. The Bertz CT molecular complexity index is 720. The van der Waals surface area contributed by atoms with Gasteiger partial charge in [0.05, 0.1) is 18.9 Å². The zero-order chi connectivity index (χ0) is 16.2. The van der Waals surface area contributed by atoms with Gasteiger partial charge in [-0.1, -0.05) is 6.07 Å². The van der Waals surface area contributed by atoms with Crippen molar-refractivity contribution >= 4 is 5.82 Å². The zero-order valence-corrected chi connectivity index (χ0v) is 13.7. The molecule has 0 aliphatic carbocycles. The van der Waals surface area contributed by atoms with Gasteiger partial charge in [0.25, 0.3) is 0 Å². The average Bonchev–Trinajstić information content (AvgIpc) is 2.99. The Morgan fingerprint density at radius 2 is 1.92 bits per heavy atom. The molecule has 2 aliphatic heterocycles. The van der Waals surface area contributed by atoms with Gasteiger partial charge in [-0.25, -0.2) is 9.97 Å². The van der Waals surface area contributed by atoms with Gasteiger partial charge < -0.3 is 20.1 Å². The number of nitrogens with one attached hydrogen (secondary N) is 2.